The van der Waals surface area contributed by atoms with Crippen LogP contribution >= 0.6 is 0 Å². The molecule has 94 valence electrons. The Morgan fingerprint density at radius 2 is 2.33 bits per heavy atom. The molecule has 1 aliphatic rings. The fourth-order valence-corrected chi connectivity index (χ4v) is 1.66. The highest BCUT2D eigenvalue weighted by Crippen LogP contribution is 2.32. The van der Waals surface area contributed by atoms with Gasteiger partial charge >= 0.3 is 5.97 Å². The molecule has 0 N–H and O–H groups in total. The monoisotopic (exact) mass is 249 g/mol. The van der Waals surface area contributed by atoms with Crippen LogP contribution in [-0.4, -0.2) is 25.9 Å². The highest BCUT2D eigenvalue weighted by Gasteiger charge is 2.20. The number of nitrogens with zero attached hydrogens (tertiary/aromatic N) is 3. The summed E-state index contributed by atoms with van der Waals surface area (Å²) in [6.07, 6.45) is 0.257. The summed E-state index contributed by atoms with van der Waals surface area (Å²) in [7, 11) is 1.25. The molecule has 0 unspecified atom stereocenters. The molecule has 1 aromatic carbocycles. The molecule has 1 heterocycles. The van der Waals surface area contributed by atoms with E-state index < -0.39 is 12.0 Å². The van der Waals surface area contributed by atoms with Gasteiger partial charge in [0, 0.05) is 4.91 Å². The van der Waals surface area contributed by atoms with Crippen LogP contribution in [0.5, 0.6) is 11.5 Å². The minimum Gasteiger partial charge on any atom is -0.469 e. The van der Waals surface area contributed by atoms with Crippen molar-refractivity contribution in [1.29, 1.82) is 0 Å². The Hall–Kier alpha value is -2.40. The lowest BCUT2D eigenvalue weighted by Gasteiger charge is -2.09. The first-order chi connectivity index (χ1) is 8.74. The van der Waals surface area contributed by atoms with Gasteiger partial charge in [-0.15, -0.1) is 0 Å². The molecule has 0 saturated heterocycles. The molecule has 1 aromatic rings. The summed E-state index contributed by atoms with van der Waals surface area (Å²) in [6, 6.07) is 4.42. The van der Waals surface area contributed by atoms with Gasteiger partial charge in [0.25, 0.3) is 0 Å². The molecule has 0 radical (unpaired) electrons. The quantitative estimate of drug-likeness (QED) is 0.352. The summed E-state index contributed by atoms with van der Waals surface area (Å²) in [5.41, 5.74) is 9.23. The lowest BCUT2D eigenvalue weighted by molar-refractivity contribution is -0.142. The molecule has 7 heteroatoms. The van der Waals surface area contributed by atoms with Gasteiger partial charge in [0.2, 0.25) is 6.79 Å². The standard InChI is InChI=1S/C11H11N3O4/c1-16-11(15)8(13-14-12)4-7-2-3-9-10(5-7)18-6-17-9/h2-3,5,8H,4,6H2,1H3/t8-/m0/s1. The van der Waals surface area contributed by atoms with Crippen LogP contribution in [0.2, 0.25) is 0 Å². The van der Waals surface area contributed by atoms with Crippen LogP contribution in [0.3, 0.4) is 0 Å². The van der Waals surface area contributed by atoms with Crippen molar-refractivity contribution in [3.63, 3.8) is 0 Å². The number of hydrogen-bond donors (Lipinski definition) is 0. The largest absolute Gasteiger partial charge is 0.469 e. The number of methoxy groups -OCH3 is 1. The van der Waals surface area contributed by atoms with Gasteiger partial charge in [-0.05, 0) is 29.6 Å². The van der Waals surface area contributed by atoms with E-state index in [1.165, 1.54) is 7.11 Å². The van der Waals surface area contributed by atoms with Crippen molar-refractivity contribution in [2.75, 3.05) is 13.9 Å². The van der Waals surface area contributed by atoms with E-state index in [2.05, 4.69) is 14.8 Å². The van der Waals surface area contributed by atoms with E-state index >= 15 is 0 Å². The Balaban J connectivity index is 2.16. The van der Waals surface area contributed by atoms with Crippen LogP contribution in [0.1, 0.15) is 5.56 Å². The SMILES string of the molecule is COC(=O)[C@H](Cc1ccc2c(c1)OCO2)N=[N+]=[N-]. The molecule has 0 spiro atoms. The van der Waals surface area contributed by atoms with Crippen LogP contribution in [0.25, 0.3) is 10.4 Å². The second-order valence-corrected chi connectivity index (χ2v) is 3.64. The molecule has 18 heavy (non-hydrogen) atoms. The number of carbonyl (C=O) groups excluding carboxylic acids is 1. The molecule has 0 bridgehead atoms. The third-order valence-corrected chi connectivity index (χ3v) is 2.53. The smallest absolute Gasteiger partial charge is 0.314 e. The molecule has 1 atom stereocenters. The van der Waals surface area contributed by atoms with Crippen molar-refractivity contribution in [2.24, 2.45) is 5.11 Å². The minimum absolute atomic E-state index is 0.190. The fraction of sp³-hybridized carbons (Fsp3) is 0.364. The van der Waals surface area contributed by atoms with Gasteiger partial charge in [-0.25, -0.2) is 0 Å². The summed E-state index contributed by atoms with van der Waals surface area (Å²) in [4.78, 5) is 14.0. The van der Waals surface area contributed by atoms with E-state index in [0.29, 0.717) is 11.5 Å². The maximum Gasteiger partial charge on any atom is 0.314 e. The van der Waals surface area contributed by atoms with Crippen LogP contribution in [0, 0.1) is 0 Å². The zero-order chi connectivity index (χ0) is 13.0. The molecule has 0 saturated carbocycles. The molecule has 0 amide bonds. The van der Waals surface area contributed by atoms with E-state index in [-0.39, 0.29) is 13.2 Å². The lowest BCUT2D eigenvalue weighted by Crippen LogP contribution is -2.22. The first-order valence-electron chi connectivity index (χ1n) is 5.25. The maximum absolute atomic E-state index is 11.4. The lowest BCUT2D eigenvalue weighted by atomic mass is 10.1. The average molecular weight is 249 g/mol. The first-order valence-corrected chi connectivity index (χ1v) is 5.25. The Kier molecular flexibility index (Phi) is 3.54. The van der Waals surface area contributed by atoms with Crippen LogP contribution < -0.4 is 9.47 Å². The number of azide groups is 1. The van der Waals surface area contributed by atoms with Crippen LogP contribution in [0.15, 0.2) is 23.3 Å². The Morgan fingerprint density at radius 3 is 3.06 bits per heavy atom. The number of benzene rings is 1. The van der Waals surface area contributed by atoms with Gasteiger partial charge < -0.3 is 14.2 Å². The second kappa shape index (κ2) is 5.29. The summed E-state index contributed by atoms with van der Waals surface area (Å²) in [5, 5.41) is 3.42. The highest BCUT2D eigenvalue weighted by molar-refractivity contribution is 5.76. The zero-order valence-corrected chi connectivity index (χ0v) is 9.70. The summed E-state index contributed by atoms with van der Waals surface area (Å²) in [5.74, 6) is 0.722. The number of fused-ring (bicyclic) bond motifs is 1. The van der Waals surface area contributed by atoms with E-state index in [1.807, 2.05) is 0 Å². The number of esters is 1. The van der Waals surface area contributed by atoms with Crippen molar-refractivity contribution in [3.8, 4) is 11.5 Å². The number of hydrogen-bond acceptors (Lipinski definition) is 5. The Morgan fingerprint density at radius 1 is 1.56 bits per heavy atom. The van der Waals surface area contributed by atoms with Crippen molar-refractivity contribution in [3.05, 3.63) is 34.2 Å². The maximum atomic E-state index is 11.4. The zero-order valence-electron chi connectivity index (χ0n) is 9.70. The fourth-order valence-electron chi connectivity index (χ4n) is 1.66. The van der Waals surface area contributed by atoms with Gasteiger partial charge in [0.05, 0.1) is 7.11 Å². The Labute approximate surface area is 103 Å². The molecular formula is C11H11N3O4. The van der Waals surface area contributed by atoms with Gasteiger partial charge in [-0.1, -0.05) is 11.2 Å². The summed E-state index contributed by atoms with van der Waals surface area (Å²) >= 11 is 0. The van der Waals surface area contributed by atoms with Crippen molar-refractivity contribution in [2.45, 2.75) is 12.5 Å². The van der Waals surface area contributed by atoms with Gasteiger partial charge in [-0.3, -0.25) is 4.79 Å². The van der Waals surface area contributed by atoms with Crippen molar-refractivity contribution >= 4 is 5.97 Å². The highest BCUT2D eigenvalue weighted by atomic mass is 16.7. The predicted molar refractivity (Wildman–Crippen MR) is 61.2 cm³/mol. The van der Waals surface area contributed by atoms with E-state index in [4.69, 9.17) is 15.0 Å². The Bertz CT molecular complexity index is 511. The predicted octanol–water partition coefficient (Wildman–Crippen LogP) is 1.81. The molecule has 2 rings (SSSR count). The third-order valence-electron chi connectivity index (χ3n) is 2.53. The summed E-state index contributed by atoms with van der Waals surface area (Å²) < 4.78 is 15.0. The number of rotatable bonds is 4. The van der Waals surface area contributed by atoms with Crippen LogP contribution in [0.4, 0.5) is 0 Å². The molecular weight excluding hydrogens is 238 g/mol. The van der Waals surface area contributed by atoms with E-state index in [9.17, 15) is 4.79 Å². The first kappa shape index (κ1) is 12.1. The van der Waals surface area contributed by atoms with E-state index in [1.54, 1.807) is 18.2 Å². The topological polar surface area (TPSA) is 93.5 Å². The van der Waals surface area contributed by atoms with Gasteiger partial charge in [-0.2, -0.15) is 0 Å². The average Bonchev–Trinajstić information content (AvgIpc) is 2.84. The van der Waals surface area contributed by atoms with Crippen molar-refractivity contribution in [1.82, 2.24) is 0 Å². The van der Waals surface area contributed by atoms with Gasteiger partial charge in [0.15, 0.2) is 11.5 Å². The number of ether oxygens (including phenoxy) is 3. The molecule has 0 aromatic heterocycles. The van der Waals surface area contributed by atoms with Crippen LogP contribution in [-0.2, 0) is 16.0 Å². The molecule has 0 aliphatic carbocycles. The van der Waals surface area contributed by atoms with E-state index in [0.717, 1.165) is 5.56 Å². The second-order valence-electron chi connectivity index (χ2n) is 3.64. The molecule has 1 aliphatic heterocycles. The minimum atomic E-state index is -0.875. The molecule has 0 fully saturated rings. The van der Waals surface area contributed by atoms with Crippen molar-refractivity contribution < 1.29 is 19.0 Å². The molecule has 7 nitrogen and oxygen atoms in total. The van der Waals surface area contributed by atoms with Gasteiger partial charge in [0.1, 0.15) is 6.04 Å². The number of carbonyl (C=O) groups is 1. The third kappa shape index (κ3) is 2.46. The summed E-state index contributed by atoms with van der Waals surface area (Å²) in [6.45, 7) is 0.190. The normalized spacial score (nSPS) is 13.6.